The Labute approximate surface area is 203 Å². The smallest absolute Gasteiger partial charge is 0.411 e. The maximum atomic E-state index is 14.0. The summed E-state index contributed by atoms with van der Waals surface area (Å²) in [7, 11) is 0. The lowest BCUT2D eigenvalue weighted by Crippen LogP contribution is -2.17. The van der Waals surface area contributed by atoms with Gasteiger partial charge in [-0.3, -0.25) is 0 Å². The zero-order valence-electron chi connectivity index (χ0n) is 18.3. The number of rotatable bonds is 5. The fourth-order valence-corrected chi connectivity index (χ4v) is 3.29. The maximum Gasteiger partial charge on any atom is 0.573 e. The van der Waals surface area contributed by atoms with Crippen molar-refractivity contribution in [3.05, 3.63) is 102 Å². The Kier molecular flexibility index (Phi) is 6.88. The van der Waals surface area contributed by atoms with E-state index in [1.165, 1.54) is 18.2 Å². The Hall–Kier alpha value is -4.84. The van der Waals surface area contributed by atoms with Gasteiger partial charge in [0.25, 0.3) is 0 Å². The Balaban J connectivity index is 1.36. The first-order valence-electron chi connectivity index (χ1n) is 10.4. The van der Waals surface area contributed by atoms with Crippen molar-refractivity contribution in [1.82, 2.24) is 0 Å². The highest BCUT2D eigenvalue weighted by molar-refractivity contribution is 5.72. The molecule has 0 aliphatic heterocycles. The molecule has 4 rings (SSSR count). The van der Waals surface area contributed by atoms with Crippen LogP contribution < -0.4 is 14.2 Å². The summed E-state index contributed by atoms with van der Waals surface area (Å²) < 4.78 is 65.3. The molecule has 5 nitrogen and oxygen atoms in total. The molecule has 0 heterocycles. The van der Waals surface area contributed by atoms with Crippen LogP contribution in [-0.4, -0.2) is 12.4 Å². The molecule has 0 atom stereocenters. The van der Waals surface area contributed by atoms with E-state index in [9.17, 15) is 17.6 Å². The van der Waals surface area contributed by atoms with E-state index in [0.29, 0.717) is 22.4 Å². The van der Waals surface area contributed by atoms with E-state index in [-0.39, 0.29) is 5.75 Å². The van der Waals surface area contributed by atoms with Crippen LogP contribution in [0.1, 0.15) is 5.56 Å². The van der Waals surface area contributed by atoms with Crippen molar-refractivity contribution in [3.63, 3.8) is 0 Å². The van der Waals surface area contributed by atoms with Crippen LogP contribution in [-0.2, 0) is 0 Å². The molecule has 0 unspecified atom stereocenters. The van der Waals surface area contributed by atoms with Crippen molar-refractivity contribution < 1.29 is 31.8 Å². The molecular formula is C27H16F4N2O3. The average Bonchev–Trinajstić information content (AvgIpc) is 2.85. The Morgan fingerprint density at radius 1 is 0.694 bits per heavy atom. The average molecular weight is 492 g/mol. The molecule has 9 heteroatoms. The highest BCUT2D eigenvalue weighted by Crippen LogP contribution is 2.30. The predicted molar refractivity (Wildman–Crippen MR) is 124 cm³/mol. The molecule has 4 aromatic rings. The molecule has 1 N–H and O–H groups in total. The van der Waals surface area contributed by atoms with Gasteiger partial charge in [-0.15, -0.1) is 13.2 Å². The summed E-state index contributed by atoms with van der Waals surface area (Å²) in [5, 5.41) is 16.8. The number of halogens is 4. The standard InChI is InChI=1S/C27H16F4N2O3/c28-24-15-21(9-14-25(24)36-27(29,30)31)20-7-12-23(13-8-20)35-26(33)34-22-10-5-19(6-11-22)18-3-1-17(16-32)2-4-18/h1-15,33H. The van der Waals surface area contributed by atoms with Gasteiger partial charge in [0.15, 0.2) is 11.6 Å². The minimum atomic E-state index is -4.99. The van der Waals surface area contributed by atoms with Gasteiger partial charge in [-0.2, -0.15) is 5.26 Å². The summed E-state index contributed by atoms with van der Waals surface area (Å²) in [4.78, 5) is 0. The van der Waals surface area contributed by atoms with Crippen LogP contribution in [0.25, 0.3) is 22.3 Å². The predicted octanol–water partition coefficient (Wildman–Crippen LogP) is 7.32. The first-order valence-corrected chi connectivity index (χ1v) is 10.4. The van der Waals surface area contributed by atoms with Crippen LogP contribution in [0, 0.1) is 22.6 Å². The van der Waals surface area contributed by atoms with Gasteiger partial charge < -0.3 is 14.2 Å². The first kappa shape index (κ1) is 24.3. The van der Waals surface area contributed by atoms with Crippen molar-refractivity contribution in [1.29, 1.82) is 10.7 Å². The lowest BCUT2D eigenvalue weighted by molar-refractivity contribution is -0.275. The van der Waals surface area contributed by atoms with E-state index in [0.717, 1.165) is 23.3 Å². The number of nitriles is 1. The van der Waals surface area contributed by atoms with Crippen molar-refractivity contribution in [2.45, 2.75) is 6.36 Å². The van der Waals surface area contributed by atoms with Gasteiger partial charge in [-0.05, 0) is 70.8 Å². The number of ether oxygens (including phenoxy) is 3. The third-order valence-electron chi connectivity index (χ3n) is 4.97. The van der Waals surface area contributed by atoms with Crippen LogP contribution in [0.5, 0.6) is 17.2 Å². The SMILES string of the molecule is N#Cc1ccc(-c2ccc(OC(=N)Oc3ccc(-c4ccc(OC(F)(F)F)c(F)c4)cc3)cc2)cc1. The summed E-state index contributed by atoms with van der Waals surface area (Å²) in [5.74, 6) is -1.41. The molecule has 0 amide bonds. The number of alkyl halides is 3. The van der Waals surface area contributed by atoms with Crippen molar-refractivity contribution in [2.75, 3.05) is 0 Å². The highest BCUT2D eigenvalue weighted by Gasteiger charge is 2.32. The second-order valence-electron chi connectivity index (χ2n) is 7.42. The van der Waals surface area contributed by atoms with Crippen LogP contribution in [0.15, 0.2) is 91.0 Å². The summed E-state index contributed by atoms with van der Waals surface area (Å²) in [5.41, 5.74) is 3.25. The first-order chi connectivity index (χ1) is 17.2. The fraction of sp³-hybridized carbons (Fsp3) is 0.0370. The van der Waals surface area contributed by atoms with Crippen LogP contribution in [0.2, 0.25) is 0 Å². The molecule has 0 radical (unpaired) electrons. The maximum absolute atomic E-state index is 14.0. The van der Waals surface area contributed by atoms with E-state index in [4.69, 9.17) is 20.1 Å². The van der Waals surface area contributed by atoms with Crippen molar-refractivity contribution >= 4 is 6.08 Å². The Morgan fingerprint density at radius 3 is 1.58 bits per heavy atom. The zero-order chi connectivity index (χ0) is 25.7. The molecule has 0 fully saturated rings. The lowest BCUT2D eigenvalue weighted by atomic mass is 10.0. The molecule has 0 spiro atoms. The molecule has 0 aliphatic carbocycles. The van der Waals surface area contributed by atoms with E-state index >= 15 is 0 Å². The zero-order valence-corrected chi connectivity index (χ0v) is 18.3. The van der Waals surface area contributed by atoms with Crippen LogP contribution >= 0.6 is 0 Å². The molecule has 0 aromatic heterocycles. The third kappa shape index (κ3) is 6.18. The normalized spacial score (nSPS) is 10.9. The van der Waals surface area contributed by atoms with Gasteiger partial charge in [-0.25, -0.2) is 9.80 Å². The minimum Gasteiger partial charge on any atom is -0.411 e. The molecular weight excluding hydrogens is 476 g/mol. The van der Waals surface area contributed by atoms with Gasteiger partial charge in [-0.1, -0.05) is 42.5 Å². The third-order valence-corrected chi connectivity index (χ3v) is 4.97. The summed E-state index contributed by atoms with van der Waals surface area (Å²) in [6, 6.07) is 25.4. The van der Waals surface area contributed by atoms with Gasteiger partial charge in [0.1, 0.15) is 11.5 Å². The molecule has 0 saturated carbocycles. The van der Waals surface area contributed by atoms with Gasteiger partial charge >= 0.3 is 12.4 Å². The van der Waals surface area contributed by atoms with E-state index in [1.807, 2.05) is 24.3 Å². The number of hydrogen-bond acceptors (Lipinski definition) is 5. The molecule has 0 aliphatic rings. The number of nitrogens with one attached hydrogen (secondary N) is 1. The lowest BCUT2D eigenvalue weighted by Gasteiger charge is -2.11. The minimum absolute atomic E-state index is 0.274. The van der Waals surface area contributed by atoms with Crippen LogP contribution in [0.3, 0.4) is 0 Å². The van der Waals surface area contributed by atoms with Crippen LogP contribution in [0.4, 0.5) is 17.6 Å². The van der Waals surface area contributed by atoms with Gasteiger partial charge in [0.2, 0.25) is 0 Å². The quantitative estimate of drug-likeness (QED) is 0.180. The fourth-order valence-electron chi connectivity index (χ4n) is 3.29. The second kappa shape index (κ2) is 10.2. The van der Waals surface area contributed by atoms with Crippen molar-refractivity contribution in [3.8, 4) is 45.6 Å². The van der Waals surface area contributed by atoms with E-state index in [2.05, 4.69) is 10.8 Å². The molecule has 0 saturated heterocycles. The van der Waals surface area contributed by atoms with E-state index < -0.39 is 24.0 Å². The summed E-state index contributed by atoms with van der Waals surface area (Å²) in [6.07, 6.45) is -5.46. The number of nitrogens with zero attached hydrogens (tertiary/aromatic N) is 1. The van der Waals surface area contributed by atoms with E-state index in [1.54, 1.807) is 36.4 Å². The number of benzene rings is 4. The Morgan fingerprint density at radius 2 is 1.14 bits per heavy atom. The molecule has 36 heavy (non-hydrogen) atoms. The second-order valence-corrected chi connectivity index (χ2v) is 7.42. The monoisotopic (exact) mass is 492 g/mol. The van der Waals surface area contributed by atoms with Gasteiger partial charge in [0, 0.05) is 0 Å². The Bertz CT molecular complexity index is 1410. The summed E-state index contributed by atoms with van der Waals surface area (Å²) in [6.45, 7) is 0. The molecule has 0 bridgehead atoms. The topological polar surface area (TPSA) is 75.3 Å². The largest absolute Gasteiger partial charge is 0.573 e. The number of hydrogen-bond donors (Lipinski definition) is 1. The molecule has 4 aromatic carbocycles. The highest BCUT2D eigenvalue weighted by atomic mass is 19.4. The summed E-state index contributed by atoms with van der Waals surface area (Å²) >= 11 is 0. The molecule has 180 valence electrons. The van der Waals surface area contributed by atoms with Crippen molar-refractivity contribution in [2.24, 2.45) is 0 Å². The van der Waals surface area contributed by atoms with Gasteiger partial charge in [0.05, 0.1) is 11.6 Å².